The van der Waals surface area contributed by atoms with Gasteiger partial charge >= 0.3 is 5.97 Å². The minimum Gasteiger partial charge on any atom is -0.508 e. The van der Waals surface area contributed by atoms with E-state index in [2.05, 4.69) is 26.6 Å². The maximum atomic E-state index is 13.5. The van der Waals surface area contributed by atoms with Gasteiger partial charge in [0.25, 0.3) is 0 Å². The molecule has 15 nitrogen and oxygen atoms in total. The van der Waals surface area contributed by atoms with E-state index < -0.39 is 72.3 Å². The van der Waals surface area contributed by atoms with Crippen molar-refractivity contribution in [1.82, 2.24) is 26.6 Å². The summed E-state index contributed by atoms with van der Waals surface area (Å²) in [4.78, 5) is 77.6. The number of allylic oxidation sites excluding steroid dienone is 1. The molecule has 7 N–H and O–H groups in total. The SMILES string of the molecule is COC(=O)[C@@H](Cc1ccc(OCC=C(C)C)cc1)NC(=O)[C@@H](C)NC(=O)[C@@H](Cc1ccc(O)cc1)NC(=O)CNC(=O)[C@@H](C)NC(=O)[C@@H](O)Cc1ccccc1. The number of carbonyl (C=O) groups is 6. The van der Waals surface area contributed by atoms with Gasteiger partial charge in [-0.15, -0.1) is 0 Å². The zero-order chi connectivity index (χ0) is 41.2. The number of phenolic OH excluding ortho intramolecular Hbond substituents is 1. The number of esters is 1. The number of aromatic hydroxyl groups is 1. The molecule has 5 amide bonds. The molecule has 0 fully saturated rings. The molecule has 0 aliphatic carbocycles. The number of aliphatic hydroxyl groups excluding tert-OH is 1. The van der Waals surface area contributed by atoms with Crippen LogP contribution in [0.15, 0.2) is 90.5 Å². The molecule has 0 unspecified atom stereocenters. The number of rotatable bonds is 20. The zero-order valence-corrected chi connectivity index (χ0v) is 32.2. The van der Waals surface area contributed by atoms with Gasteiger partial charge in [0.15, 0.2) is 0 Å². The highest BCUT2D eigenvalue weighted by Gasteiger charge is 2.29. The van der Waals surface area contributed by atoms with Gasteiger partial charge in [0.2, 0.25) is 29.5 Å². The van der Waals surface area contributed by atoms with Crippen molar-refractivity contribution >= 4 is 35.5 Å². The second-order valence-corrected chi connectivity index (χ2v) is 13.4. The standard InChI is InChI=1S/C41H51N5O10/c1-25(2)19-20-56-32-17-13-30(14-18-32)22-34(41(54)55-5)46-38(51)27(4)43-39(52)33(21-29-11-15-31(47)16-12-29)45-36(49)24-42-37(50)26(3)44-40(53)35(48)23-28-9-7-6-8-10-28/h6-19,26-27,33-35,47-48H,20-24H2,1-5H3,(H,42,50)(H,43,52)(H,44,53)(H,45,49)(H,46,51)/t26-,27-,33-,34-,35+/m1/s1. The molecule has 0 radical (unpaired) electrons. The average Bonchev–Trinajstić information content (AvgIpc) is 3.17. The highest BCUT2D eigenvalue weighted by molar-refractivity contribution is 5.95. The first-order chi connectivity index (χ1) is 26.6. The Hall–Kier alpha value is -6.22. The molecule has 0 aliphatic heterocycles. The van der Waals surface area contributed by atoms with Crippen LogP contribution < -0.4 is 31.3 Å². The Bertz CT molecular complexity index is 1810. The van der Waals surface area contributed by atoms with Crippen molar-refractivity contribution in [3.05, 3.63) is 107 Å². The topological polar surface area (TPSA) is 221 Å². The highest BCUT2D eigenvalue weighted by Crippen LogP contribution is 2.15. The van der Waals surface area contributed by atoms with E-state index in [-0.39, 0.29) is 25.0 Å². The minimum atomic E-state index is -1.40. The third-order valence-corrected chi connectivity index (χ3v) is 8.44. The van der Waals surface area contributed by atoms with Gasteiger partial charge < -0.3 is 46.3 Å². The molecule has 5 atom stereocenters. The maximum Gasteiger partial charge on any atom is 0.328 e. The predicted molar refractivity (Wildman–Crippen MR) is 207 cm³/mol. The summed E-state index contributed by atoms with van der Waals surface area (Å²) in [7, 11) is 1.19. The van der Waals surface area contributed by atoms with Gasteiger partial charge in [0, 0.05) is 19.3 Å². The number of aliphatic hydroxyl groups is 1. The lowest BCUT2D eigenvalue weighted by Crippen LogP contribution is -2.56. The van der Waals surface area contributed by atoms with Crippen LogP contribution in [0.3, 0.4) is 0 Å². The number of nitrogens with one attached hydrogen (secondary N) is 5. The number of methoxy groups -OCH3 is 1. The molecular formula is C41H51N5O10. The summed E-state index contributed by atoms with van der Waals surface area (Å²) in [5.41, 5.74) is 3.13. The molecule has 300 valence electrons. The number of hydrogen-bond acceptors (Lipinski definition) is 10. The quantitative estimate of drug-likeness (QED) is 0.0646. The molecule has 0 spiro atoms. The summed E-state index contributed by atoms with van der Waals surface area (Å²) < 4.78 is 10.6. The monoisotopic (exact) mass is 773 g/mol. The Kier molecular flexibility index (Phi) is 17.5. The maximum absolute atomic E-state index is 13.5. The van der Waals surface area contributed by atoms with E-state index in [4.69, 9.17) is 9.47 Å². The third-order valence-electron chi connectivity index (χ3n) is 8.44. The number of ether oxygens (including phenoxy) is 2. The normalized spacial score (nSPS) is 13.3. The van der Waals surface area contributed by atoms with Crippen molar-refractivity contribution in [3.63, 3.8) is 0 Å². The first-order valence-electron chi connectivity index (χ1n) is 18.1. The lowest BCUT2D eigenvalue weighted by molar-refractivity contribution is -0.145. The second-order valence-electron chi connectivity index (χ2n) is 13.4. The average molecular weight is 774 g/mol. The van der Waals surface area contributed by atoms with Crippen molar-refractivity contribution in [2.45, 2.75) is 77.2 Å². The number of phenols is 1. The molecule has 0 saturated heterocycles. The second kappa shape index (κ2) is 22.2. The van der Waals surface area contributed by atoms with Crippen LogP contribution in [0.5, 0.6) is 11.5 Å². The van der Waals surface area contributed by atoms with E-state index in [9.17, 15) is 39.0 Å². The van der Waals surface area contributed by atoms with E-state index >= 15 is 0 Å². The minimum absolute atomic E-state index is 0.00973. The van der Waals surface area contributed by atoms with E-state index in [0.29, 0.717) is 23.5 Å². The molecule has 0 heterocycles. The van der Waals surface area contributed by atoms with Gasteiger partial charge in [-0.05, 0) is 74.7 Å². The van der Waals surface area contributed by atoms with Crippen molar-refractivity contribution < 1.29 is 48.5 Å². The molecule has 15 heteroatoms. The van der Waals surface area contributed by atoms with Crippen LogP contribution in [0.4, 0.5) is 0 Å². The van der Waals surface area contributed by atoms with Gasteiger partial charge in [-0.25, -0.2) is 4.79 Å². The molecule has 56 heavy (non-hydrogen) atoms. The number of amides is 5. The number of benzene rings is 3. The molecule has 0 aromatic heterocycles. The summed E-state index contributed by atoms with van der Waals surface area (Å²) in [6.45, 7) is 6.57. The van der Waals surface area contributed by atoms with Crippen molar-refractivity contribution in [3.8, 4) is 11.5 Å². The van der Waals surface area contributed by atoms with E-state index in [1.165, 1.54) is 33.1 Å². The fourth-order valence-corrected chi connectivity index (χ4v) is 5.22. The largest absolute Gasteiger partial charge is 0.508 e. The Morgan fingerprint density at radius 1 is 0.661 bits per heavy atom. The van der Waals surface area contributed by atoms with Crippen LogP contribution in [0, 0.1) is 0 Å². The van der Waals surface area contributed by atoms with Gasteiger partial charge in [-0.1, -0.05) is 60.2 Å². The van der Waals surface area contributed by atoms with Crippen LogP contribution in [-0.4, -0.2) is 96.3 Å². The van der Waals surface area contributed by atoms with Crippen LogP contribution >= 0.6 is 0 Å². The summed E-state index contributed by atoms with van der Waals surface area (Å²) in [5.74, 6) is -3.74. The van der Waals surface area contributed by atoms with E-state index in [1.54, 1.807) is 66.7 Å². The van der Waals surface area contributed by atoms with Crippen molar-refractivity contribution in [1.29, 1.82) is 0 Å². The van der Waals surface area contributed by atoms with Crippen LogP contribution in [0.1, 0.15) is 44.4 Å². The van der Waals surface area contributed by atoms with E-state index in [0.717, 1.165) is 11.1 Å². The van der Waals surface area contributed by atoms with Crippen molar-refractivity contribution in [2.24, 2.45) is 0 Å². The Balaban J connectivity index is 1.60. The fraction of sp³-hybridized carbons (Fsp3) is 0.366. The van der Waals surface area contributed by atoms with Gasteiger partial charge in [-0.3, -0.25) is 24.0 Å². The lowest BCUT2D eigenvalue weighted by atomic mass is 10.0. The van der Waals surface area contributed by atoms with Gasteiger partial charge in [-0.2, -0.15) is 0 Å². The van der Waals surface area contributed by atoms with E-state index in [1.807, 2.05) is 19.9 Å². The Morgan fingerprint density at radius 3 is 1.82 bits per heavy atom. The molecule has 3 rings (SSSR count). The first kappa shape index (κ1) is 44.2. The first-order valence-corrected chi connectivity index (χ1v) is 18.1. The molecular weight excluding hydrogens is 722 g/mol. The summed E-state index contributed by atoms with van der Waals surface area (Å²) in [6.07, 6.45) is 0.623. The fourth-order valence-electron chi connectivity index (χ4n) is 5.22. The highest BCUT2D eigenvalue weighted by atomic mass is 16.5. The third kappa shape index (κ3) is 15.3. The number of hydrogen-bond donors (Lipinski definition) is 7. The number of carbonyl (C=O) groups excluding carboxylic acids is 6. The summed E-state index contributed by atoms with van der Waals surface area (Å²) in [6, 6.07) is 17.2. The van der Waals surface area contributed by atoms with Crippen LogP contribution in [0.2, 0.25) is 0 Å². The van der Waals surface area contributed by atoms with Crippen molar-refractivity contribution in [2.75, 3.05) is 20.3 Å². The Labute approximate surface area is 326 Å². The predicted octanol–water partition coefficient (Wildman–Crippen LogP) is 1.39. The summed E-state index contributed by atoms with van der Waals surface area (Å²) >= 11 is 0. The molecule has 0 saturated carbocycles. The molecule has 3 aromatic rings. The smallest absolute Gasteiger partial charge is 0.328 e. The zero-order valence-electron chi connectivity index (χ0n) is 32.2. The van der Waals surface area contributed by atoms with Gasteiger partial charge in [0.05, 0.1) is 13.7 Å². The van der Waals surface area contributed by atoms with Crippen LogP contribution in [-0.2, 0) is 52.8 Å². The Morgan fingerprint density at radius 2 is 1.21 bits per heavy atom. The summed E-state index contributed by atoms with van der Waals surface area (Å²) in [5, 5.41) is 32.5. The van der Waals surface area contributed by atoms with Gasteiger partial charge in [0.1, 0.15) is 48.4 Å². The molecule has 3 aromatic carbocycles. The molecule has 0 aliphatic rings. The van der Waals surface area contributed by atoms with Crippen LogP contribution in [0.25, 0.3) is 0 Å². The lowest BCUT2D eigenvalue weighted by Gasteiger charge is -2.23. The molecule has 0 bridgehead atoms.